The Labute approximate surface area is 117 Å². The monoisotopic (exact) mass is 261 g/mol. The van der Waals surface area contributed by atoms with Crippen molar-refractivity contribution in [2.24, 2.45) is 5.92 Å². The second-order valence-electron chi connectivity index (χ2n) is 6.02. The lowest BCUT2D eigenvalue weighted by Gasteiger charge is -2.28. The fraction of sp³-hybridized carbons (Fsp3) is 0.588. The summed E-state index contributed by atoms with van der Waals surface area (Å²) in [4.78, 5) is 14.3. The van der Waals surface area contributed by atoms with E-state index in [-0.39, 0.29) is 11.9 Å². The summed E-state index contributed by atoms with van der Waals surface area (Å²) in [6, 6.07) is 8.73. The van der Waals surface area contributed by atoms with Crippen molar-refractivity contribution in [3.05, 3.63) is 35.4 Å². The molecule has 0 bridgehead atoms. The fourth-order valence-corrected chi connectivity index (χ4v) is 2.14. The number of rotatable bonds is 6. The molecular weight excluding hydrogens is 234 g/mol. The van der Waals surface area contributed by atoms with E-state index in [9.17, 15) is 4.79 Å². The van der Waals surface area contributed by atoms with Gasteiger partial charge in [-0.2, -0.15) is 0 Å². The van der Waals surface area contributed by atoms with Crippen molar-refractivity contribution in [2.75, 3.05) is 6.54 Å². The van der Waals surface area contributed by atoms with Crippen molar-refractivity contribution >= 4 is 5.91 Å². The Morgan fingerprint density at radius 2 is 1.68 bits per heavy atom. The van der Waals surface area contributed by atoms with Gasteiger partial charge in [0.05, 0.1) is 0 Å². The highest BCUT2D eigenvalue weighted by Crippen LogP contribution is 2.10. The SMILES string of the molecule is Cc1ccc(CCC(=O)N(CC(C)C)C(C)C)cc1. The Hall–Kier alpha value is -1.31. The molecule has 0 heterocycles. The van der Waals surface area contributed by atoms with E-state index in [4.69, 9.17) is 0 Å². The Kier molecular flexibility index (Phi) is 6.07. The van der Waals surface area contributed by atoms with E-state index < -0.39 is 0 Å². The van der Waals surface area contributed by atoms with Gasteiger partial charge in [-0.05, 0) is 38.7 Å². The van der Waals surface area contributed by atoms with Crippen LogP contribution in [0.3, 0.4) is 0 Å². The molecule has 0 N–H and O–H groups in total. The van der Waals surface area contributed by atoms with Crippen LogP contribution in [0.5, 0.6) is 0 Å². The molecule has 0 aromatic heterocycles. The zero-order chi connectivity index (χ0) is 14.4. The lowest BCUT2D eigenvalue weighted by molar-refractivity contribution is -0.133. The minimum Gasteiger partial charge on any atom is -0.340 e. The van der Waals surface area contributed by atoms with Crippen molar-refractivity contribution in [2.45, 2.75) is 53.5 Å². The minimum atomic E-state index is 0.268. The van der Waals surface area contributed by atoms with Crippen molar-refractivity contribution in [1.29, 1.82) is 0 Å². The number of hydrogen-bond donors (Lipinski definition) is 0. The summed E-state index contributed by atoms with van der Waals surface area (Å²) in [6.45, 7) is 11.4. The average Bonchev–Trinajstić information content (AvgIpc) is 2.34. The van der Waals surface area contributed by atoms with Gasteiger partial charge in [0.2, 0.25) is 5.91 Å². The average molecular weight is 261 g/mol. The van der Waals surface area contributed by atoms with Gasteiger partial charge >= 0.3 is 0 Å². The van der Waals surface area contributed by atoms with E-state index in [1.54, 1.807) is 0 Å². The molecule has 0 fully saturated rings. The van der Waals surface area contributed by atoms with Gasteiger partial charge in [-0.3, -0.25) is 4.79 Å². The first-order chi connectivity index (χ1) is 8.90. The third-order valence-corrected chi connectivity index (χ3v) is 3.25. The minimum absolute atomic E-state index is 0.268. The first-order valence-electron chi connectivity index (χ1n) is 7.25. The number of nitrogens with zero attached hydrogens (tertiary/aromatic N) is 1. The Balaban J connectivity index is 2.54. The highest BCUT2D eigenvalue weighted by Gasteiger charge is 2.17. The first-order valence-corrected chi connectivity index (χ1v) is 7.25. The van der Waals surface area contributed by atoms with Gasteiger partial charge in [0.15, 0.2) is 0 Å². The third-order valence-electron chi connectivity index (χ3n) is 3.25. The zero-order valence-electron chi connectivity index (χ0n) is 12.9. The second-order valence-corrected chi connectivity index (χ2v) is 6.02. The standard InChI is InChI=1S/C17H27NO/c1-13(2)12-18(14(3)4)17(19)11-10-16-8-6-15(5)7-9-16/h6-9,13-14H,10-12H2,1-5H3. The van der Waals surface area contributed by atoms with Crippen molar-refractivity contribution < 1.29 is 4.79 Å². The number of carbonyl (C=O) groups is 1. The number of hydrogen-bond acceptors (Lipinski definition) is 1. The molecule has 0 saturated carbocycles. The molecule has 106 valence electrons. The van der Waals surface area contributed by atoms with Crippen LogP contribution in [0.1, 0.15) is 45.2 Å². The summed E-state index contributed by atoms with van der Waals surface area (Å²) in [5.41, 5.74) is 2.51. The van der Waals surface area contributed by atoms with E-state index >= 15 is 0 Å². The Morgan fingerprint density at radius 3 is 2.16 bits per heavy atom. The zero-order valence-corrected chi connectivity index (χ0v) is 12.9. The van der Waals surface area contributed by atoms with Crippen LogP contribution in [0, 0.1) is 12.8 Å². The summed E-state index contributed by atoms with van der Waals surface area (Å²) in [7, 11) is 0. The topological polar surface area (TPSA) is 20.3 Å². The predicted octanol–water partition coefficient (Wildman–Crippen LogP) is 3.82. The smallest absolute Gasteiger partial charge is 0.223 e. The van der Waals surface area contributed by atoms with E-state index in [1.807, 2.05) is 4.90 Å². The number of amides is 1. The lowest BCUT2D eigenvalue weighted by Crippen LogP contribution is -2.39. The normalized spacial score (nSPS) is 11.1. The Bertz CT molecular complexity index is 392. The predicted molar refractivity (Wildman–Crippen MR) is 81.2 cm³/mol. The van der Waals surface area contributed by atoms with Gasteiger partial charge < -0.3 is 4.90 Å². The number of benzene rings is 1. The van der Waals surface area contributed by atoms with Crippen LogP contribution in [0.25, 0.3) is 0 Å². The molecule has 1 rings (SSSR count). The molecule has 0 atom stereocenters. The second kappa shape index (κ2) is 7.32. The first kappa shape index (κ1) is 15.7. The van der Waals surface area contributed by atoms with Gasteiger partial charge in [-0.1, -0.05) is 43.7 Å². The molecule has 0 radical (unpaired) electrons. The number of carbonyl (C=O) groups excluding carboxylic acids is 1. The molecule has 0 aliphatic heterocycles. The van der Waals surface area contributed by atoms with Gasteiger partial charge in [-0.15, -0.1) is 0 Å². The van der Waals surface area contributed by atoms with Gasteiger partial charge in [0.25, 0.3) is 0 Å². The quantitative estimate of drug-likeness (QED) is 0.762. The molecule has 0 unspecified atom stereocenters. The van der Waals surface area contributed by atoms with E-state index in [0.29, 0.717) is 12.3 Å². The van der Waals surface area contributed by atoms with Crippen molar-refractivity contribution in [3.8, 4) is 0 Å². The van der Waals surface area contributed by atoms with Crippen molar-refractivity contribution in [1.82, 2.24) is 4.90 Å². The van der Waals surface area contributed by atoms with Crippen LogP contribution >= 0.6 is 0 Å². The fourth-order valence-electron chi connectivity index (χ4n) is 2.14. The van der Waals surface area contributed by atoms with Crippen LogP contribution < -0.4 is 0 Å². The van der Waals surface area contributed by atoms with Crippen LogP contribution in [-0.2, 0) is 11.2 Å². The third kappa shape index (κ3) is 5.46. The van der Waals surface area contributed by atoms with Crippen LogP contribution in [0.2, 0.25) is 0 Å². The summed E-state index contributed by atoms with van der Waals surface area (Å²) in [5, 5.41) is 0. The summed E-state index contributed by atoms with van der Waals surface area (Å²) < 4.78 is 0. The van der Waals surface area contributed by atoms with Gasteiger partial charge in [0, 0.05) is 19.0 Å². The molecular formula is C17H27NO. The highest BCUT2D eigenvalue weighted by molar-refractivity contribution is 5.76. The summed E-state index contributed by atoms with van der Waals surface area (Å²) in [5.74, 6) is 0.787. The summed E-state index contributed by atoms with van der Waals surface area (Å²) >= 11 is 0. The molecule has 0 aliphatic rings. The molecule has 1 aromatic rings. The molecule has 0 saturated heterocycles. The highest BCUT2D eigenvalue weighted by atomic mass is 16.2. The lowest BCUT2D eigenvalue weighted by atomic mass is 10.1. The van der Waals surface area contributed by atoms with Crippen LogP contribution in [0.4, 0.5) is 0 Å². The van der Waals surface area contributed by atoms with Crippen LogP contribution in [0.15, 0.2) is 24.3 Å². The number of aryl methyl sites for hydroxylation is 2. The van der Waals surface area contributed by atoms with Crippen molar-refractivity contribution in [3.63, 3.8) is 0 Å². The maximum absolute atomic E-state index is 12.3. The van der Waals surface area contributed by atoms with E-state index in [0.717, 1.165) is 13.0 Å². The molecule has 19 heavy (non-hydrogen) atoms. The largest absolute Gasteiger partial charge is 0.340 e. The van der Waals surface area contributed by atoms with Gasteiger partial charge in [0.1, 0.15) is 0 Å². The molecule has 1 aromatic carbocycles. The van der Waals surface area contributed by atoms with Crippen LogP contribution in [-0.4, -0.2) is 23.4 Å². The summed E-state index contributed by atoms with van der Waals surface area (Å²) in [6.07, 6.45) is 1.44. The molecule has 0 spiro atoms. The maximum Gasteiger partial charge on any atom is 0.223 e. The Morgan fingerprint density at radius 1 is 1.11 bits per heavy atom. The molecule has 1 amide bonds. The van der Waals surface area contributed by atoms with Gasteiger partial charge in [-0.25, -0.2) is 0 Å². The maximum atomic E-state index is 12.3. The van der Waals surface area contributed by atoms with E-state index in [1.165, 1.54) is 11.1 Å². The van der Waals surface area contributed by atoms with E-state index in [2.05, 4.69) is 58.9 Å². The molecule has 0 aliphatic carbocycles. The molecule has 2 heteroatoms. The molecule has 2 nitrogen and oxygen atoms in total.